The second kappa shape index (κ2) is 9.75. The van der Waals surface area contributed by atoms with E-state index in [0.29, 0.717) is 12.3 Å². The summed E-state index contributed by atoms with van der Waals surface area (Å²) in [5.41, 5.74) is 0. The van der Waals surface area contributed by atoms with Gasteiger partial charge < -0.3 is 5.11 Å². The van der Waals surface area contributed by atoms with Crippen molar-refractivity contribution in [1.29, 1.82) is 0 Å². The van der Waals surface area contributed by atoms with Crippen molar-refractivity contribution in [2.45, 2.75) is 58.8 Å². The monoisotopic (exact) mass is 212 g/mol. The van der Waals surface area contributed by atoms with E-state index in [2.05, 4.69) is 26.0 Å². The molecule has 1 unspecified atom stereocenters. The van der Waals surface area contributed by atoms with Crippen LogP contribution in [0.3, 0.4) is 0 Å². The zero-order chi connectivity index (χ0) is 11.5. The number of rotatable bonds is 9. The van der Waals surface area contributed by atoms with Crippen LogP contribution in [0.1, 0.15) is 58.8 Å². The van der Waals surface area contributed by atoms with Crippen LogP contribution >= 0.6 is 0 Å². The highest BCUT2D eigenvalue weighted by molar-refractivity contribution is 5.66. The van der Waals surface area contributed by atoms with Crippen molar-refractivity contribution in [2.24, 2.45) is 5.92 Å². The van der Waals surface area contributed by atoms with E-state index in [1.165, 1.54) is 6.42 Å². The summed E-state index contributed by atoms with van der Waals surface area (Å²) in [5, 5.41) is 8.59. The van der Waals surface area contributed by atoms with Gasteiger partial charge in [0.1, 0.15) is 0 Å². The number of hydrogen-bond acceptors (Lipinski definition) is 1. The summed E-state index contributed by atoms with van der Waals surface area (Å²) < 4.78 is 0. The van der Waals surface area contributed by atoms with Crippen molar-refractivity contribution in [3.05, 3.63) is 12.2 Å². The highest BCUT2D eigenvalue weighted by atomic mass is 16.4. The minimum absolute atomic E-state index is 0.317. The van der Waals surface area contributed by atoms with Crippen LogP contribution in [0.5, 0.6) is 0 Å². The van der Waals surface area contributed by atoms with E-state index in [1.54, 1.807) is 0 Å². The molecule has 2 heteroatoms. The molecule has 15 heavy (non-hydrogen) atoms. The Balaban J connectivity index is 3.56. The fraction of sp³-hybridized carbons (Fsp3) is 0.769. The summed E-state index contributed by atoms with van der Waals surface area (Å²) >= 11 is 0. The normalized spacial score (nSPS) is 13.2. The molecule has 1 atom stereocenters. The van der Waals surface area contributed by atoms with Crippen LogP contribution in [-0.4, -0.2) is 11.1 Å². The summed E-state index contributed by atoms with van der Waals surface area (Å²) in [5.74, 6) is -0.0950. The number of aliphatic carboxylic acids is 1. The molecule has 0 radical (unpaired) electrons. The quantitative estimate of drug-likeness (QED) is 0.586. The van der Waals surface area contributed by atoms with Gasteiger partial charge in [0.15, 0.2) is 0 Å². The van der Waals surface area contributed by atoms with Gasteiger partial charge in [-0.25, -0.2) is 0 Å². The van der Waals surface area contributed by atoms with Gasteiger partial charge in [-0.1, -0.05) is 38.8 Å². The van der Waals surface area contributed by atoms with E-state index in [1.807, 2.05) is 0 Å². The second-order valence-electron chi connectivity index (χ2n) is 4.04. The van der Waals surface area contributed by atoms with Crippen LogP contribution in [0.2, 0.25) is 0 Å². The van der Waals surface area contributed by atoms with Crippen molar-refractivity contribution in [3.63, 3.8) is 0 Å². The molecular formula is C13H24O2. The lowest BCUT2D eigenvalue weighted by atomic mass is 9.95. The van der Waals surface area contributed by atoms with E-state index in [0.717, 1.165) is 32.1 Å². The number of allylic oxidation sites excluding steroid dienone is 2. The van der Waals surface area contributed by atoms with Crippen LogP contribution < -0.4 is 0 Å². The van der Waals surface area contributed by atoms with Gasteiger partial charge in [-0.3, -0.25) is 4.79 Å². The summed E-state index contributed by atoms with van der Waals surface area (Å²) in [6, 6.07) is 0. The molecule has 0 heterocycles. The van der Waals surface area contributed by atoms with E-state index in [9.17, 15) is 4.79 Å². The third kappa shape index (κ3) is 9.51. The molecule has 0 aliphatic rings. The van der Waals surface area contributed by atoms with Gasteiger partial charge in [-0.15, -0.1) is 0 Å². The lowest BCUT2D eigenvalue weighted by Gasteiger charge is -2.11. The molecule has 0 bridgehead atoms. The number of carboxylic acids is 1. The van der Waals surface area contributed by atoms with Crippen molar-refractivity contribution in [1.82, 2.24) is 0 Å². The molecule has 88 valence electrons. The highest BCUT2D eigenvalue weighted by Gasteiger charge is 2.07. The molecule has 1 N–H and O–H groups in total. The first-order chi connectivity index (χ1) is 7.20. The average Bonchev–Trinajstić information content (AvgIpc) is 2.22. The Labute approximate surface area is 93.4 Å². The van der Waals surface area contributed by atoms with Gasteiger partial charge >= 0.3 is 5.97 Å². The smallest absolute Gasteiger partial charge is 0.303 e. The zero-order valence-corrected chi connectivity index (χ0v) is 10.0. The first-order valence-corrected chi connectivity index (χ1v) is 6.07. The van der Waals surface area contributed by atoms with Gasteiger partial charge in [0.2, 0.25) is 0 Å². The fourth-order valence-electron chi connectivity index (χ4n) is 1.61. The molecule has 0 aromatic heterocycles. The Kier molecular flexibility index (Phi) is 9.24. The highest BCUT2D eigenvalue weighted by Crippen LogP contribution is 2.17. The standard InChI is InChI=1S/C13H24O2/c1-3-5-6-7-8-9-12(4-2)10-11-13(14)15/h6-7,12H,3-5,8-11H2,1-2H3,(H,14,15). The van der Waals surface area contributed by atoms with Crippen LogP contribution in [0.15, 0.2) is 12.2 Å². The molecule has 0 saturated carbocycles. The van der Waals surface area contributed by atoms with Crippen molar-refractivity contribution in [2.75, 3.05) is 0 Å². The Morgan fingerprint density at radius 2 is 1.87 bits per heavy atom. The second-order valence-corrected chi connectivity index (χ2v) is 4.04. The third-order valence-electron chi connectivity index (χ3n) is 2.71. The predicted molar refractivity (Wildman–Crippen MR) is 63.9 cm³/mol. The van der Waals surface area contributed by atoms with E-state index < -0.39 is 5.97 Å². The summed E-state index contributed by atoms with van der Waals surface area (Å²) in [6.45, 7) is 4.31. The number of hydrogen-bond donors (Lipinski definition) is 1. The minimum Gasteiger partial charge on any atom is -0.481 e. The van der Waals surface area contributed by atoms with E-state index >= 15 is 0 Å². The van der Waals surface area contributed by atoms with Gasteiger partial charge in [-0.2, -0.15) is 0 Å². The molecule has 0 rings (SSSR count). The number of carboxylic acid groups (broad SMARTS) is 1. The molecule has 0 saturated heterocycles. The summed E-state index contributed by atoms with van der Waals surface area (Å²) in [7, 11) is 0. The molecule has 0 amide bonds. The molecule has 2 nitrogen and oxygen atoms in total. The average molecular weight is 212 g/mol. The predicted octanol–water partition coefficient (Wildman–Crippen LogP) is 4.01. The lowest BCUT2D eigenvalue weighted by molar-refractivity contribution is -0.137. The van der Waals surface area contributed by atoms with Gasteiger partial charge in [0.05, 0.1) is 0 Å². The lowest BCUT2D eigenvalue weighted by Crippen LogP contribution is -2.03. The topological polar surface area (TPSA) is 37.3 Å². The summed E-state index contributed by atoms with van der Waals surface area (Å²) in [4.78, 5) is 10.4. The zero-order valence-electron chi connectivity index (χ0n) is 10.0. The van der Waals surface area contributed by atoms with E-state index in [4.69, 9.17) is 5.11 Å². The number of carbonyl (C=O) groups is 1. The van der Waals surface area contributed by atoms with E-state index in [-0.39, 0.29) is 0 Å². The van der Waals surface area contributed by atoms with Gasteiger partial charge in [0.25, 0.3) is 0 Å². The van der Waals surface area contributed by atoms with Crippen LogP contribution in [0.25, 0.3) is 0 Å². The van der Waals surface area contributed by atoms with Crippen molar-refractivity contribution in [3.8, 4) is 0 Å². The molecule has 0 aliphatic carbocycles. The first kappa shape index (κ1) is 14.2. The van der Waals surface area contributed by atoms with Gasteiger partial charge in [-0.05, 0) is 31.6 Å². The molecule has 0 spiro atoms. The maximum Gasteiger partial charge on any atom is 0.303 e. The summed E-state index contributed by atoms with van der Waals surface area (Å²) in [6.07, 6.45) is 11.3. The van der Waals surface area contributed by atoms with Crippen molar-refractivity contribution < 1.29 is 9.90 Å². The maximum atomic E-state index is 10.4. The number of unbranched alkanes of at least 4 members (excludes halogenated alkanes) is 1. The van der Waals surface area contributed by atoms with Gasteiger partial charge in [0, 0.05) is 6.42 Å². The van der Waals surface area contributed by atoms with Crippen LogP contribution in [0, 0.1) is 5.92 Å². The molecule has 0 aromatic rings. The Morgan fingerprint density at radius 1 is 1.20 bits per heavy atom. The SMILES string of the molecule is CCCC=CCCC(CC)CCC(=O)O. The third-order valence-corrected chi connectivity index (χ3v) is 2.71. The Morgan fingerprint density at radius 3 is 2.40 bits per heavy atom. The van der Waals surface area contributed by atoms with Crippen LogP contribution in [-0.2, 0) is 4.79 Å². The largest absolute Gasteiger partial charge is 0.481 e. The Bertz CT molecular complexity index is 185. The van der Waals surface area contributed by atoms with Crippen molar-refractivity contribution >= 4 is 5.97 Å². The fourth-order valence-corrected chi connectivity index (χ4v) is 1.61. The molecule has 0 aliphatic heterocycles. The molecule has 0 fully saturated rings. The molecular weight excluding hydrogens is 188 g/mol. The molecule has 0 aromatic carbocycles. The minimum atomic E-state index is -0.671. The first-order valence-electron chi connectivity index (χ1n) is 6.07. The van der Waals surface area contributed by atoms with Crippen LogP contribution in [0.4, 0.5) is 0 Å². The Hall–Kier alpha value is -0.790. The maximum absolute atomic E-state index is 10.4.